The molecule has 0 unspecified atom stereocenters. The van der Waals surface area contributed by atoms with Gasteiger partial charge in [0.1, 0.15) is 0 Å². The Morgan fingerprint density at radius 2 is 2.29 bits per heavy atom. The number of aryl methyl sites for hydroxylation is 1. The highest BCUT2D eigenvalue weighted by molar-refractivity contribution is 7.88. The summed E-state index contributed by atoms with van der Waals surface area (Å²) in [4.78, 5) is 19.9. The molecule has 128 valence electrons. The molecule has 2 aromatic heterocycles. The zero-order valence-corrected chi connectivity index (χ0v) is 14.9. The van der Waals surface area contributed by atoms with Crippen molar-refractivity contribution in [3.05, 3.63) is 46.4 Å². The van der Waals surface area contributed by atoms with E-state index < -0.39 is 15.9 Å². The number of amides is 1. The number of hydrogen-bond acceptors (Lipinski definition) is 5. The highest BCUT2D eigenvalue weighted by Gasteiger charge is 2.31. The van der Waals surface area contributed by atoms with E-state index in [1.165, 1.54) is 11.3 Å². The molecule has 8 heteroatoms. The van der Waals surface area contributed by atoms with E-state index in [1.54, 1.807) is 17.3 Å². The van der Waals surface area contributed by atoms with Crippen LogP contribution in [0.25, 0.3) is 0 Å². The second kappa shape index (κ2) is 7.00. The van der Waals surface area contributed by atoms with Gasteiger partial charge in [-0.1, -0.05) is 6.07 Å². The maximum atomic E-state index is 13.1. The lowest BCUT2D eigenvalue weighted by Gasteiger charge is -2.31. The van der Waals surface area contributed by atoms with Crippen LogP contribution in [-0.2, 0) is 21.2 Å². The molecule has 0 radical (unpaired) electrons. The maximum Gasteiger partial charge on any atom is 0.236 e. The number of carbonyl (C=O) groups is 1. The van der Waals surface area contributed by atoms with Crippen molar-refractivity contribution in [3.63, 3.8) is 0 Å². The van der Waals surface area contributed by atoms with Crippen molar-refractivity contribution in [3.8, 4) is 0 Å². The Labute approximate surface area is 145 Å². The van der Waals surface area contributed by atoms with Crippen molar-refractivity contribution >= 4 is 33.0 Å². The molecule has 1 aliphatic rings. The third-order valence-electron chi connectivity index (χ3n) is 4.01. The van der Waals surface area contributed by atoms with Gasteiger partial charge >= 0.3 is 0 Å². The van der Waals surface area contributed by atoms with Crippen LogP contribution in [0.2, 0.25) is 0 Å². The maximum absolute atomic E-state index is 13.1. The summed E-state index contributed by atoms with van der Waals surface area (Å²) in [6.45, 7) is 0.683. The highest BCUT2D eigenvalue weighted by atomic mass is 32.2. The molecule has 3 heterocycles. The summed E-state index contributed by atoms with van der Waals surface area (Å²) in [7, 11) is -3.36. The number of anilines is 1. The van der Waals surface area contributed by atoms with Crippen molar-refractivity contribution < 1.29 is 13.2 Å². The van der Waals surface area contributed by atoms with E-state index in [0.29, 0.717) is 6.54 Å². The molecule has 0 aromatic carbocycles. The normalized spacial score (nSPS) is 15.8. The minimum Gasteiger partial charge on any atom is -0.310 e. The molecule has 3 rings (SSSR count). The summed E-state index contributed by atoms with van der Waals surface area (Å²) in [6, 6.07) is 5.67. The molecule has 0 saturated carbocycles. The van der Waals surface area contributed by atoms with E-state index in [2.05, 4.69) is 9.71 Å². The number of carbonyl (C=O) groups excluding carboxylic acids is 1. The Morgan fingerprint density at radius 1 is 1.46 bits per heavy atom. The number of pyridine rings is 1. The van der Waals surface area contributed by atoms with Crippen LogP contribution in [0.4, 0.5) is 5.69 Å². The second-order valence-corrected chi connectivity index (χ2v) is 8.60. The van der Waals surface area contributed by atoms with Crippen LogP contribution >= 0.6 is 11.3 Å². The number of hydrogen-bond donors (Lipinski definition) is 1. The second-order valence-electron chi connectivity index (χ2n) is 5.79. The quantitative estimate of drug-likeness (QED) is 0.876. The Morgan fingerprint density at radius 3 is 3.00 bits per heavy atom. The molecule has 1 N–H and O–H groups in total. The van der Waals surface area contributed by atoms with Gasteiger partial charge in [0.2, 0.25) is 15.9 Å². The zero-order chi connectivity index (χ0) is 17.2. The van der Waals surface area contributed by atoms with Gasteiger partial charge in [-0.2, -0.15) is 0 Å². The van der Waals surface area contributed by atoms with Crippen LogP contribution in [0.3, 0.4) is 0 Å². The predicted octanol–water partition coefficient (Wildman–Crippen LogP) is 1.76. The van der Waals surface area contributed by atoms with Gasteiger partial charge in [0, 0.05) is 24.2 Å². The molecule has 6 nitrogen and oxygen atoms in total. The van der Waals surface area contributed by atoms with Crippen LogP contribution in [0, 0.1) is 0 Å². The van der Waals surface area contributed by atoms with Gasteiger partial charge in [0.25, 0.3) is 0 Å². The fraction of sp³-hybridized carbons (Fsp3) is 0.375. The van der Waals surface area contributed by atoms with Crippen molar-refractivity contribution in [2.45, 2.75) is 18.8 Å². The molecule has 0 spiro atoms. The smallest absolute Gasteiger partial charge is 0.236 e. The Kier molecular flexibility index (Phi) is 4.98. The lowest BCUT2D eigenvalue weighted by molar-refractivity contribution is -0.119. The van der Waals surface area contributed by atoms with E-state index in [0.717, 1.165) is 35.2 Å². The average Bonchev–Trinajstić information content (AvgIpc) is 3.07. The molecular formula is C16H19N3O3S2. The third kappa shape index (κ3) is 3.82. The first-order chi connectivity index (χ1) is 11.5. The zero-order valence-electron chi connectivity index (χ0n) is 13.3. The predicted molar refractivity (Wildman–Crippen MR) is 94.8 cm³/mol. The summed E-state index contributed by atoms with van der Waals surface area (Å²) in [5, 5.41) is 1.89. The van der Waals surface area contributed by atoms with Gasteiger partial charge < -0.3 is 4.90 Å². The van der Waals surface area contributed by atoms with E-state index in [4.69, 9.17) is 0 Å². The van der Waals surface area contributed by atoms with Crippen LogP contribution < -0.4 is 9.62 Å². The van der Waals surface area contributed by atoms with E-state index in [1.807, 2.05) is 23.6 Å². The standard InChI is InChI=1S/C16H19N3O3S2/c1-24(21,22)18-10-13(15-5-3-9-23-15)16(20)19-8-2-4-12-6-7-17-11-14(12)19/h3,5-7,9,11,13,18H,2,4,8,10H2,1H3/t13-/m1/s1. The number of thiophene rings is 1. The molecule has 2 aromatic rings. The molecule has 0 fully saturated rings. The van der Waals surface area contributed by atoms with Crippen molar-refractivity contribution in [2.24, 2.45) is 0 Å². The Hall–Kier alpha value is -1.77. The van der Waals surface area contributed by atoms with Gasteiger partial charge in [-0.3, -0.25) is 9.78 Å². The number of sulfonamides is 1. The van der Waals surface area contributed by atoms with Gasteiger partial charge in [-0.05, 0) is 35.9 Å². The molecule has 1 amide bonds. The summed E-state index contributed by atoms with van der Waals surface area (Å²) < 4.78 is 25.4. The van der Waals surface area contributed by atoms with Crippen molar-refractivity contribution in [1.82, 2.24) is 9.71 Å². The molecule has 0 bridgehead atoms. The monoisotopic (exact) mass is 365 g/mol. The van der Waals surface area contributed by atoms with Crippen LogP contribution in [-0.4, -0.2) is 38.7 Å². The summed E-state index contributed by atoms with van der Waals surface area (Å²) >= 11 is 1.46. The van der Waals surface area contributed by atoms with Crippen LogP contribution in [0.5, 0.6) is 0 Å². The molecule has 24 heavy (non-hydrogen) atoms. The molecule has 1 atom stereocenters. The SMILES string of the molecule is CS(=O)(=O)NC[C@@H](C(=O)N1CCCc2ccncc21)c1cccs1. The number of nitrogens with one attached hydrogen (secondary N) is 1. The summed E-state index contributed by atoms with van der Waals surface area (Å²) in [6.07, 6.45) is 6.35. The highest BCUT2D eigenvalue weighted by Crippen LogP contribution is 2.30. The fourth-order valence-electron chi connectivity index (χ4n) is 2.87. The first-order valence-electron chi connectivity index (χ1n) is 7.68. The lowest BCUT2D eigenvalue weighted by Crippen LogP contribution is -2.42. The van der Waals surface area contributed by atoms with Crippen molar-refractivity contribution in [1.29, 1.82) is 0 Å². The molecule has 1 aliphatic heterocycles. The first kappa shape index (κ1) is 17.1. The number of fused-ring (bicyclic) bond motifs is 1. The largest absolute Gasteiger partial charge is 0.310 e. The van der Waals surface area contributed by atoms with Gasteiger partial charge in [-0.25, -0.2) is 13.1 Å². The average molecular weight is 365 g/mol. The molecule has 0 aliphatic carbocycles. The summed E-state index contributed by atoms with van der Waals surface area (Å²) in [5.74, 6) is -0.631. The van der Waals surface area contributed by atoms with Gasteiger partial charge in [0.05, 0.1) is 24.1 Å². The molecule has 0 saturated heterocycles. The van der Waals surface area contributed by atoms with Gasteiger partial charge in [-0.15, -0.1) is 11.3 Å². The van der Waals surface area contributed by atoms with Crippen LogP contribution in [0.1, 0.15) is 22.8 Å². The number of aromatic nitrogens is 1. The van der Waals surface area contributed by atoms with Gasteiger partial charge in [0.15, 0.2) is 0 Å². The molecular weight excluding hydrogens is 346 g/mol. The van der Waals surface area contributed by atoms with Crippen molar-refractivity contribution in [2.75, 3.05) is 24.2 Å². The lowest BCUT2D eigenvalue weighted by atomic mass is 10.00. The van der Waals surface area contributed by atoms with E-state index in [9.17, 15) is 13.2 Å². The Bertz CT molecular complexity index is 819. The summed E-state index contributed by atoms with van der Waals surface area (Å²) in [5.41, 5.74) is 1.93. The first-order valence-corrected chi connectivity index (χ1v) is 10.4. The van der Waals surface area contributed by atoms with E-state index >= 15 is 0 Å². The Balaban J connectivity index is 1.89. The fourth-order valence-corrected chi connectivity index (χ4v) is 4.16. The van der Waals surface area contributed by atoms with Crippen LogP contribution in [0.15, 0.2) is 36.0 Å². The number of nitrogens with zero attached hydrogens (tertiary/aromatic N) is 2. The number of rotatable bonds is 5. The van der Waals surface area contributed by atoms with E-state index in [-0.39, 0.29) is 12.5 Å². The third-order valence-corrected chi connectivity index (χ3v) is 5.68. The minimum atomic E-state index is -3.36. The minimum absolute atomic E-state index is 0.0598. The topological polar surface area (TPSA) is 79.4 Å².